The van der Waals surface area contributed by atoms with Gasteiger partial charge in [-0.1, -0.05) is 24.3 Å². The molecule has 0 radical (unpaired) electrons. The molecule has 82 valence electrons. The van der Waals surface area contributed by atoms with E-state index in [1.165, 1.54) is 0 Å². The molecule has 1 aromatic rings. The first kappa shape index (κ1) is 11.7. The Morgan fingerprint density at radius 3 is 2.40 bits per heavy atom. The molecule has 1 rings (SSSR count). The predicted octanol–water partition coefficient (Wildman–Crippen LogP) is 0.144. The second kappa shape index (κ2) is 6.16. The highest BCUT2D eigenvalue weighted by Gasteiger charge is 1.99. The lowest BCUT2D eigenvalue weighted by atomic mass is 10.1. The van der Waals surface area contributed by atoms with Gasteiger partial charge < -0.3 is 16.2 Å². The Bertz CT molecular complexity index is 309. The van der Waals surface area contributed by atoms with Crippen molar-refractivity contribution in [2.75, 3.05) is 6.54 Å². The molecular weight excluding hydrogens is 192 g/mol. The molecule has 4 heteroatoms. The molecule has 0 aliphatic heterocycles. The van der Waals surface area contributed by atoms with Gasteiger partial charge in [0.15, 0.2) is 0 Å². The normalized spacial score (nSPS) is 10.0. The molecular formula is C11H16N2O2. The molecule has 0 saturated carbocycles. The maximum absolute atomic E-state index is 11.1. The Balaban J connectivity index is 2.40. The zero-order valence-electron chi connectivity index (χ0n) is 8.57. The van der Waals surface area contributed by atoms with E-state index in [9.17, 15) is 4.79 Å². The van der Waals surface area contributed by atoms with Crippen LogP contribution in [0.25, 0.3) is 0 Å². The molecule has 0 aliphatic carbocycles. The van der Waals surface area contributed by atoms with Crippen molar-refractivity contribution in [3.63, 3.8) is 0 Å². The third-order valence-corrected chi connectivity index (χ3v) is 2.07. The van der Waals surface area contributed by atoms with E-state index < -0.39 is 0 Å². The van der Waals surface area contributed by atoms with E-state index in [2.05, 4.69) is 5.32 Å². The molecule has 0 aliphatic rings. The topological polar surface area (TPSA) is 75.4 Å². The fraction of sp³-hybridized carbons (Fsp3) is 0.364. The quantitative estimate of drug-likeness (QED) is 0.644. The predicted molar refractivity (Wildman–Crippen MR) is 57.9 cm³/mol. The van der Waals surface area contributed by atoms with E-state index >= 15 is 0 Å². The molecule has 0 aromatic heterocycles. The molecule has 1 aromatic carbocycles. The van der Waals surface area contributed by atoms with Crippen LogP contribution in [0.3, 0.4) is 0 Å². The highest BCUT2D eigenvalue weighted by atomic mass is 16.3. The summed E-state index contributed by atoms with van der Waals surface area (Å²) in [6.07, 6.45) is 0.356. The van der Waals surface area contributed by atoms with Gasteiger partial charge in [0.1, 0.15) is 0 Å². The number of carbonyl (C=O) groups excluding carboxylic acids is 1. The van der Waals surface area contributed by atoms with Crippen molar-refractivity contribution in [2.45, 2.75) is 19.6 Å². The van der Waals surface area contributed by atoms with Crippen molar-refractivity contribution < 1.29 is 9.90 Å². The van der Waals surface area contributed by atoms with Gasteiger partial charge in [-0.15, -0.1) is 0 Å². The van der Waals surface area contributed by atoms with Crippen LogP contribution >= 0.6 is 0 Å². The molecule has 0 fully saturated rings. The summed E-state index contributed by atoms with van der Waals surface area (Å²) in [5, 5.41) is 11.6. The van der Waals surface area contributed by atoms with E-state index in [1.54, 1.807) is 0 Å². The lowest BCUT2D eigenvalue weighted by molar-refractivity contribution is -0.121. The summed E-state index contributed by atoms with van der Waals surface area (Å²) in [5.74, 6) is -0.0382. The minimum atomic E-state index is -0.0382. The zero-order valence-corrected chi connectivity index (χ0v) is 8.57. The first-order valence-corrected chi connectivity index (χ1v) is 4.91. The van der Waals surface area contributed by atoms with E-state index in [4.69, 9.17) is 10.8 Å². The largest absolute Gasteiger partial charge is 0.392 e. The fourth-order valence-electron chi connectivity index (χ4n) is 1.18. The van der Waals surface area contributed by atoms with E-state index in [0.717, 1.165) is 11.1 Å². The van der Waals surface area contributed by atoms with Crippen LogP contribution in [0.15, 0.2) is 24.3 Å². The Hall–Kier alpha value is -1.39. The summed E-state index contributed by atoms with van der Waals surface area (Å²) < 4.78 is 0. The molecule has 0 saturated heterocycles. The summed E-state index contributed by atoms with van der Waals surface area (Å²) >= 11 is 0. The lowest BCUT2D eigenvalue weighted by Gasteiger charge is -2.04. The van der Waals surface area contributed by atoms with Gasteiger partial charge in [-0.2, -0.15) is 0 Å². The van der Waals surface area contributed by atoms with E-state index in [-0.39, 0.29) is 12.5 Å². The standard InChI is InChI=1S/C11H16N2O2/c12-6-5-11(15)13-7-9-1-3-10(8-14)4-2-9/h1-4,14H,5-8,12H2,(H,13,15). The van der Waals surface area contributed by atoms with Crippen LogP contribution in [0.2, 0.25) is 0 Å². The van der Waals surface area contributed by atoms with Crippen LogP contribution in [0.5, 0.6) is 0 Å². The number of nitrogens with two attached hydrogens (primary N) is 1. The van der Waals surface area contributed by atoms with Crippen molar-refractivity contribution in [1.82, 2.24) is 5.32 Å². The van der Waals surface area contributed by atoms with Crippen molar-refractivity contribution >= 4 is 5.91 Å². The number of amides is 1. The molecule has 1 amide bonds. The summed E-state index contributed by atoms with van der Waals surface area (Å²) in [6, 6.07) is 7.44. The molecule has 0 spiro atoms. The van der Waals surface area contributed by atoms with Crippen LogP contribution < -0.4 is 11.1 Å². The Kier molecular flexibility index (Phi) is 4.80. The second-order valence-corrected chi connectivity index (χ2v) is 3.29. The Labute approximate surface area is 89.1 Å². The van der Waals surface area contributed by atoms with Gasteiger partial charge >= 0.3 is 0 Å². The SMILES string of the molecule is NCCC(=O)NCc1ccc(CO)cc1. The van der Waals surface area contributed by atoms with Gasteiger partial charge in [0.2, 0.25) is 5.91 Å². The number of hydrogen-bond donors (Lipinski definition) is 3. The summed E-state index contributed by atoms with van der Waals surface area (Å²) in [7, 11) is 0. The number of aliphatic hydroxyl groups is 1. The average molecular weight is 208 g/mol. The van der Waals surface area contributed by atoms with Crippen LogP contribution in [0.1, 0.15) is 17.5 Å². The smallest absolute Gasteiger partial charge is 0.221 e. The summed E-state index contributed by atoms with van der Waals surface area (Å²) in [4.78, 5) is 11.1. The van der Waals surface area contributed by atoms with Gasteiger partial charge in [-0.25, -0.2) is 0 Å². The molecule has 4 nitrogen and oxygen atoms in total. The molecule has 0 unspecified atom stereocenters. The highest BCUT2D eigenvalue weighted by molar-refractivity contribution is 5.75. The maximum atomic E-state index is 11.1. The molecule has 0 heterocycles. The highest BCUT2D eigenvalue weighted by Crippen LogP contribution is 2.03. The van der Waals surface area contributed by atoms with Gasteiger partial charge in [0, 0.05) is 19.5 Å². The van der Waals surface area contributed by atoms with Crippen LogP contribution in [0, 0.1) is 0 Å². The monoisotopic (exact) mass is 208 g/mol. The van der Waals surface area contributed by atoms with Gasteiger partial charge in [0.05, 0.1) is 6.61 Å². The average Bonchev–Trinajstić information content (AvgIpc) is 2.27. The first-order chi connectivity index (χ1) is 7.26. The molecule has 4 N–H and O–H groups in total. The Morgan fingerprint density at radius 1 is 1.27 bits per heavy atom. The third kappa shape index (κ3) is 4.10. The summed E-state index contributed by atoms with van der Waals surface area (Å²) in [5.41, 5.74) is 7.13. The molecule has 0 atom stereocenters. The van der Waals surface area contributed by atoms with Crippen LogP contribution in [-0.4, -0.2) is 17.6 Å². The number of nitrogens with one attached hydrogen (secondary N) is 1. The van der Waals surface area contributed by atoms with Crippen molar-refractivity contribution in [3.05, 3.63) is 35.4 Å². The fourth-order valence-corrected chi connectivity index (χ4v) is 1.18. The number of aliphatic hydroxyl groups excluding tert-OH is 1. The lowest BCUT2D eigenvalue weighted by Crippen LogP contribution is -2.24. The first-order valence-electron chi connectivity index (χ1n) is 4.91. The van der Waals surface area contributed by atoms with E-state index in [0.29, 0.717) is 19.5 Å². The number of carbonyl (C=O) groups is 1. The number of rotatable bonds is 5. The minimum absolute atomic E-state index is 0.0382. The maximum Gasteiger partial charge on any atom is 0.221 e. The van der Waals surface area contributed by atoms with Crippen molar-refractivity contribution in [2.24, 2.45) is 5.73 Å². The van der Waals surface area contributed by atoms with Crippen molar-refractivity contribution in [3.8, 4) is 0 Å². The number of benzene rings is 1. The van der Waals surface area contributed by atoms with Crippen molar-refractivity contribution in [1.29, 1.82) is 0 Å². The van der Waals surface area contributed by atoms with Crippen LogP contribution in [0.4, 0.5) is 0 Å². The van der Waals surface area contributed by atoms with Gasteiger partial charge in [-0.3, -0.25) is 4.79 Å². The second-order valence-electron chi connectivity index (χ2n) is 3.29. The van der Waals surface area contributed by atoms with Crippen LogP contribution in [-0.2, 0) is 17.9 Å². The molecule has 0 bridgehead atoms. The minimum Gasteiger partial charge on any atom is -0.392 e. The number of hydrogen-bond acceptors (Lipinski definition) is 3. The van der Waals surface area contributed by atoms with E-state index in [1.807, 2.05) is 24.3 Å². The van der Waals surface area contributed by atoms with Gasteiger partial charge in [-0.05, 0) is 11.1 Å². The molecule has 15 heavy (non-hydrogen) atoms. The summed E-state index contributed by atoms with van der Waals surface area (Å²) in [6.45, 7) is 0.916. The third-order valence-electron chi connectivity index (χ3n) is 2.07. The zero-order chi connectivity index (χ0) is 11.1. The Morgan fingerprint density at radius 2 is 1.87 bits per heavy atom. The van der Waals surface area contributed by atoms with Gasteiger partial charge in [0.25, 0.3) is 0 Å².